The highest BCUT2D eigenvalue weighted by Gasteiger charge is 2.42. The van der Waals surface area contributed by atoms with Crippen LogP contribution in [-0.4, -0.2) is 31.7 Å². The van der Waals surface area contributed by atoms with E-state index in [1.807, 2.05) is 61.2 Å². The predicted octanol–water partition coefficient (Wildman–Crippen LogP) is 3.55. The van der Waals surface area contributed by atoms with Gasteiger partial charge in [0.15, 0.2) is 0 Å². The Hall–Kier alpha value is -3.12. The third-order valence-electron chi connectivity index (χ3n) is 5.20. The first-order valence-corrected chi connectivity index (χ1v) is 12.4. The van der Waals surface area contributed by atoms with Crippen molar-refractivity contribution in [2.45, 2.75) is 12.8 Å². The summed E-state index contributed by atoms with van der Waals surface area (Å²) in [4.78, 5) is 8.21. The van der Waals surface area contributed by atoms with Crippen molar-refractivity contribution in [2.24, 2.45) is 0 Å². The van der Waals surface area contributed by atoms with Crippen LogP contribution in [0.4, 0.5) is 0 Å². The van der Waals surface area contributed by atoms with Crippen molar-refractivity contribution < 1.29 is 8.85 Å². The number of benzene rings is 2. The van der Waals surface area contributed by atoms with Crippen LogP contribution in [0, 0.1) is 0 Å². The van der Waals surface area contributed by atoms with Crippen molar-refractivity contribution in [1.82, 2.24) is 9.97 Å². The van der Waals surface area contributed by atoms with Crippen LogP contribution in [0.3, 0.4) is 0 Å². The molecule has 0 aliphatic rings. The number of hydrogen-bond donors (Lipinski definition) is 0. The molecule has 4 nitrogen and oxygen atoms in total. The first-order valence-electron chi connectivity index (χ1n) is 10.5. The van der Waals surface area contributed by atoms with Gasteiger partial charge in [0.25, 0.3) is 0 Å². The van der Waals surface area contributed by atoms with E-state index in [0.717, 1.165) is 23.2 Å². The molecule has 0 aliphatic heterocycles. The van der Waals surface area contributed by atoms with Gasteiger partial charge in [0.05, 0.1) is 0 Å². The van der Waals surface area contributed by atoms with Gasteiger partial charge in [-0.05, 0) is 58.6 Å². The van der Waals surface area contributed by atoms with Crippen molar-refractivity contribution in [2.75, 3.05) is 13.2 Å². The molecule has 2 aromatic heterocycles. The van der Waals surface area contributed by atoms with E-state index >= 15 is 0 Å². The fraction of sp³-hybridized carbons (Fsp3) is 0.154. The highest BCUT2D eigenvalue weighted by molar-refractivity contribution is 6.92. The molecule has 2 aromatic carbocycles. The Morgan fingerprint density at radius 1 is 0.516 bits per heavy atom. The molecule has 0 saturated heterocycles. The minimum absolute atomic E-state index is 0.579. The zero-order valence-electron chi connectivity index (χ0n) is 17.4. The van der Waals surface area contributed by atoms with E-state index in [-0.39, 0.29) is 0 Å². The van der Waals surface area contributed by atoms with Crippen LogP contribution in [0.2, 0.25) is 0 Å². The van der Waals surface area contributed by atoms with Gasteiger partial charge in [-0.15, -0.1) is 0 Å². The van der Waals surface area contributed by atoms with E-state index in [9.17, 15) is 0 Å². The maximum atomic E-state index is 6.73. The summed E-state index contributed by atoms with van der Waals surface area (Å²) < 4.78 is 13.5. The van der Waals surface area contributed by atoms with Gasteiger partial charge in [-0.25, -0.2) is 0 Å². The quantitative estimate of drug-likeness (QED) is 0.364. The molecular weight excluding hydrogens is 400 g/mol. The molecule has 0 bridgehead atoms. The summed E-state index contributed by atoms with van der Waals surface area (Å²) in [5, 5.41) is 2.23. The van der Waals surface area contributed by atoms with E-state index in [4.69, 9.17) is 8.85 Å². The minimum Gasteiger partial charge on any atom is -0.387 e. The summed E-state index contributed by atoms with van der Waals surface area (Å²) >= 11 is 0. The maximum absolute atomic E-state index is 6.73. The first kappa shape index (κ1) is 21.1. The monoisotopic (exact) mass is 426 g/mol. The molecule has 0 amide bonds. The molecule has 0 saturated carbocycles. The number of nitrogens with zero attached hydrogens (tertiary/aromatic N) is 2. The van der Waals surface area contributed by atoms with Crippen molar-refractivity contribution in [3.8, 4) is 0 Å². The van der Waals surface area contributed by atoms with Gasteiger partial charge in [0.1, 0.15) is 0 Å². The van der Waals surface area contributed by atoms with Gasteiger partial charge in [-0.3, -0.25) is 9.97 Å². The molecule has 0 fully saturated rings. The Labute approximate surface area is 184 Å². The second kappa shape index (κ2) is 10.8. The number of aromatic nitrogens is 2. The predicted molar refractivity (Wildman–Crippen MR) is 126 cm³/mol. The van der Waals surface area contributed by atoms with Crippen LogP contribution in [0.25, 0.3) is 0 Å². The third-order valence-corrected chi connectivity index (χ3v) is 8.61. The number of rotatable bonds is 10. The molecule has 0 atom stereocenters. The second-order valence-electron chi connectivity index (χ2n) is 7.26. The zero-order chi connectivity index (χ0) is 21.2. The van der Waals surface area contributed by atoms with Crippen molar-refractivity contribution in [1.29, 1.82) is 0 Å². The lowest BCUT2D eigenvalue weighted by Crippen LogP contribution is -2.63. The molecule has 2 heterocycles. The topological polar surface area (TPSA) is 44.2 Å². The van der Waals surface area contributed by atoms with Crippen molar-refractivity contribution in [3.05, 3.63) is 121 Å². The summed E-state index contributed by atoms with van der Waals surface area (Å²) in [5.74, 6) is 0. The number of hydrogen-bond acceptors (Lipinski definition) is 4. The van der Waals surface area contributed by atoms with Gasteiger partial charge in [0, 0.05) is 38.0 Å². The SMILES string of the molecule is c1ccc([Si](OCCc2ccncc2)(OCCc2ccncc2)c2ccccc2)cc1. The smallest absolute Gasteiger partial charge is 0.387 e. The van der Waals surface area contributed by atoms with E-state index in [2.05, 4.69) is 58.5 Å². The fourth-order valence-electron chi connectivity index (χ4n) is 3.58. The van der Waals surface area contributed by atoms with Crippen LogP contribution in [-0.2, 0) is 21.7 Å². The van der Waals surface area contributed by atoms with Crippen LogP contribution in [0.15, 0.2) is 110 Å². The molecule has 0 aliphatic carbocycles. The van der Waals surface area contributed by atoms with Gasteiger partial charge in [-0.2, -0.15) is 0 Å². The average Bonchev–Trinajstić information content (AvgIpc) is 2.85. The highest BCUT2D eigenvalue weighted by Crippen LogP contribution is 2.13. The number of pyridine rings is 2. The molecule has 0 N–H and O–H groups in total. The summed E-state index contributed by atoms with van der Waals surface area (Å²) in [6.45, 7) is 1.16. The Morgan fingerprint density at radius 3 is 1.29 bits per heavy atom. The second-order valence-corrected chi connectivity index (χ2v) is 10.2. The van der Waals surface area contributed by atoms with Crippen LogP contribution in [0.5, 0.6) is 0 Å². The Balaban J connectivity index is 1.61. The maximum Gasteiger partial charge on any atom is 0.407 e. The Bertz CT molecular complexity index is 945. The molecule has 156 valence electrons. The van der Waals surface area contributed by atoms with Gasteiger partial charge < -0.3 is 8.85 Å². The van der Waals surface area contributed by atoms with Gasteiger partial charge in [0.2, 0.25) is 0 Å². The minimum atomic E-state index is -2.89. The lowest BCUT2D eigenvalue weighted by atomic mass is 10.2. The average molecular weight is 427 g/mol. The largest absolute Gasteiger partial charge is 0.407 e. The van der Waals surface area contributed by atoms with E-state index in [1.54, 1.807) is 0 Å². The molecule has 31 heavy (non-hydrogen) atoms. The van der Waals surface area contributed by atoms with Crippen LogP contribution < -0.4 is 10.4 Å². The highest BCUT2D eigenvalue weighted by atomic mass is 28.4. The molecule has 0 spiro atoms. The molecule has 5 heteroatoms. The van der Waals surface area contributed by atoms with E-state index < -0.39 is 8.56 Å². The standard InChI is InChI=1S/C26H26N2O2Si/c1-3-7-25(8-4-1)31(26-9-5-2-6-10-26,29-21-15-23-11-17-27-18-12-23)30-22-16-24-13-19-28-20-14-24/h1-14,17-20H,15-16,21-22H2. The molecule has 0 unspecified atom stereocenters. The van der Waals surface area contributed by atoms with Crippen LogP contribution in [0.1, 0.15) is 11.1 Å². The molecule has 4 rings (SSSR count). The zero-order valence-corrected chi connectivity index (χ0v) is 18.4. The summed E-state index contributed by atoms with van der Waals surface area (Å²) in [7, 11) is -2.89. The third kappa shape index (κ3) is 5.52. The molecular formula is C26H26N2O2Si. The van der Waals surface area contributed by atoms with Crippen LogP contribution >= 0.6 is 0 Å². The summed E-state index contributed by atoms with van der Waals surface area (Å²) in [6.07, 6.45) is 8.90. The lowest BCUT2D eigenvalue weighted by molar-refractivity contribution is 0.195. The van der Waals surface area contributed by atoms with E-state index in [1.165, 1.54) is 11.1 Å². The van der Waals surface area contributed by atoms with Gasteiger partial charge >= 0.3 is 8.56 Å². The molecule has 4 aromatic rings. The summed E-state index contributed by atoms with van der Waals surface area (Å²) in [5.41, 5.74) is 2.41. The van der Waals surface area contributed by atoms with Crippen molar-refractivity contribution in [3.63, 3.8) is 0 Å². The Kier molecular flexibility index (Phi) is 7.34. The van der Waals surface area contributed by atoms with Gasteiger partial charge in [-0.1, -0.05) is 60.7 Å². The first-order chi connectivity index (χ1) is 15.4. The Morgan fingerprint density at radius 2 is 0.903 bits per heavy atom. The molecule has 0 radical (unpaired) electrons. The normalized spacial score (nSPS) is 11.4. The van der Waals surface area contributed by atoms with Crippen molar-refractivity contribution >= 4 is 18.9 Å². The van der Waals surface area contributed by atoms with E-state index in [0.29, 0.717) is 13.2 Å². The fourth-order valence-corrected chi connectivity index (χ4v) is 6.71. The summed E-state index contributed by atoms with van der Waals surface area (Å²) in [6, 6.07) is 28.9. The lowest BCUT2D eigenvalue weighted by Gasteiger charge is -2.31.